The number of fused-ring (bicyclic) bond motifs is 5. The molecule has 30 heavy (non-hydrogen) atoms. The molecule has 0 saturated heterocycles. The number of Topliss-reactive ketones (excluding diaryl/α,β-unsaturated/α-hetero) is 1. The Morgan fingerprint density at radius 1 is 0.800 bits per heavy atom. The van der Waals surface area contributed by atoms with E-state index < -0.39 is 0 Å². The molecule has 0 N–H and O–H groups in total. The van der Waals surface area contributed by atoms with Gasteiger partial charge < -0.3 is 9.47 Å². The van der Waals surface area contributed by atoms with Crippen LogP contribution in [0.4, 0.5) is 0 Å². The first kappa shape index (κ1) is 21.8. The fourth-order valence-corrected chi connectivity index (χ4v) is 8.53. The first-order chi connectivity index (χ1) is 14.1. The first-order valence-electron chi connectivity index (χ1n) is 11.9. The van der Waals surface area contributed by atoms with Gasteiger partial charge in [-0.05, 0) is 87.4 Å². The third kappa shape index (κ3) is 3.31. The lowest BCUT2D eigenvalue weighted by Gasteiger charge is -2.62. The van der Waals surface area contributed by atoms with Crippen LogP contribution in [0, 0.1) is 40.4 Å². The number of carbonyl (C=O) groups is 3. The van der Waals surface area contributed by atoms with Gasteiger partial charge in [0.2, 0.25) is 0 Å². The Hall–Kier alpha value is -1.39. The number of carbonyl (C=O) groups excluding carboxylic acids is 3. The fourth-order valence-electron chi connectivity index (χ4n) is 8.53. The number of rotatable bonds is 3. The highest BCUT2D eigenvalue weighted by Crippen LogP contribution is 2.68. The molecule has 0 aromatic heterocycles. The molecule has 0 bridgehead atoms. The molecule has 168 valence electrons. The van der Waals surface area contributed by atoms with Gasteiger partial charge >= 0.3 is 11.9 Å². The van der Waals surface area contributed by atoms with Crippen molar-refractivity contribution in [2.75, 3.05) is 0 Å². The molecule has 4 aliphatic carbocycles. The molecule has 0 heterocycles. The van der Waals surface area contributed by atoms with Crippen LogP contribution in [-0.4, -0.2) is 29.9 Å². The molecule has 0 aliphatic heterocycles. The SMILES string of the molecule is CC(=O)O[C@H]1CC[C@@]2(C)[C@H](CC[C@@H]3[C@@H]2C[C@@H](OC(C)=O)[C@]2(C)[C@@H](C(C)=O)CC[C@@H]32)C1. The summed E-state index contributed by atoms with van der Waals surface area (Å²) in [5.74, 6) is 1.92. The Bertz CT molecular complexity index is 731. The lowest BCUT2D eigenvalue weighted by molar-refractivity contribution is -0.195. The predicted octanol–water partition coefficient (Wildman–Crippen LogP) is 4.71. The van der Waals surface area contributed by atoms with Gasteiger partial charge in [0.05, 0.1) is 0 Å². The zero-order chi connectivity index (χ0) is 21.8. The maximum absolute atomic E-state index is 12.5. The van der Waals surface area contributed by atoms with Crippen LogP contribution in [0.15, 0.2) is 0 Å². The molecule has 4 aliphatic rings. The average Bonchev–Trinajstić information content (AvgIpc) is 3.01. The molecule has 4 saturated carbocycles. The molecule has 4 rings (SSSR count). The van der Waals surface area contributed by atoms with E-state index in [9.17, 15) is 14.4 Å². The Morgan fingerprint density at radius 2 is 1.50 bits per heavy atom. The standard InChI is InChI=1S/C25H38O5/c1-14(26)20-8-9-21-19-7-6-17-12-18(29-15(2)27)10-11-24(17,4)22(19)13-23(25(20,21)5)30-16(3)28/h17-23H,6-13H2,1-5H3/t17-,18+,19+,20-,21+,22+,23-,24+,25-/m1/s1. The molecule has 0 spiro atoms. The van der Waals surface area contributed by atoms with E-state index in [1.54, 1.807) is 6.92 Å². The normalized spacial score (nSPS) is 47.4. The topological polar surface area (TPSA) is 69.7 Å². The molecule has 0 unspecified atom stereocenters. The molecule has 0 aromatic rings. The zero-order valence-electron chi connectivity index (χ0n) is 19.2. The fraction of sp³-hybridized carbons (Fsp3) is 0.880. The average molecular weight is 419 g/mol. The van der Waals surface area contributed by atoms with Gasteiger partial charge in [-0.3, -0.25) is 14.4 Å². The second-order valence-corrected chi connectivity index (χ2v) is 11.1. The summed E-state index contributed by atoms with van der Waals surface area (Å²) in [4.78, 5) is 36.0. The minimum Gasteiger partial charge on any atom is -0.463 e. The summed E-state index contributed by atoms with van der Waals surface area (Å²) in [5.41, 5.74) is -0.0512. The van der Waals surface area contributed by atoms with E-state index >= 15 is 0 Å². The van der Waals surface area contributed by atoms with Crippen LogP contribution in [0.3, 0.4) is 0 Å². The molecule has 0 aromatic carbocycles. The number of ketones is 1. The van der Waals surface area contributed by atoms with Crippen molar-refractivity contribution in [3.63, 3.8) is 0 Å². The van der Waals surface area contributed by atoms with Crippen LogP contribution in [0.25, 0.3) is 0 Å². The molecule has 0 radical (unpaired) electrons. The highest BCUT2D eigenvalue weighted by molar-refractivity contribution is 5.80. The number of hydrogen-bond donors (Lipinski definition) is 0. The largest absolute Gasteiger partial charge is 0.463 e. The van der Waals surface area contributed by atoms with Gasteiger partial charge in [0.25, 0.3) is 0 Å². The summed E-state index contributed by atoms with van der Waals surface area (Å²) in [6.45, 7) is 9.37. The highest BCUT2D eigenvalue weighted by atomic mass is 16.5. The smallest absolute Gasteiger partial charge is 0.302 e. The molecular formula is C25H38O5. The van der Waals surface area contributed by atoms with E-state index in [0.29, 0.717) is 23.7 Å². The van der Waals surface area contributed by atoms with E-state index in [-0.39, 0.29) is 46.7 Å². The van der Waals surface area contributed by atoms with E-state index in [1.807, 2.05) is 0 Å². The number of esters is 2. The van der Waals surface area contributed by atoms with Crippen molar-refractivity contribution < 1.29 is 23.9 Å². The minimum atomic E-state index is -0.239. The third-order valence-corrected chi connectivity index (χ3v) is 9.82. The maximum Gasteiger partial charge on any atom is 0.302 e. The van der Waals surface area contributed by atoms with E-state index in [2.05, 4.69) is 13.8 Å². The van der Waals surface area contributed by atoms with Crippen LogP contribution in [0.1, 0.15) is 86.0 Å². The minimum absolute atomic E-state index is 0.00182. The maximum atomic E-state index is 12.5. The second-order valence-electron chi connectivity index (χ2n) is 11.1. The van der Waals surface area contributed by atoms with Gasteiger partial charge in [0.1, 0.15) is 18.0 Å². The van der Waals surface area contributed by atoms with E-state index in [4.69, 9.17) is 9.47 Å². The summed E-state index contributed by atoms with van der Waals surface area (Å²) in [6, 6.07) is 0. The summed E-state index contributed by atoms with van der Waals surface area (Å²) < 4.78 is 11.6. The molecule has 5 heteroatoms. The van der Waals surface area contributed by atoms with Crippen molar-refractivity contribution in [3.05, 3.63) is 0 Å². The Balaban J connectivity index is 1.64. The van der Waals surface area contributed by atoms with Crippen molar-refractivity contribution in [1.29, 1.82) is 0 Å². The molecule has 9 atom stereocenters. The van der Waals surface area contributed by atoms with Crippen molar-refractivity contribution in [2.24, 2.45) is 40.4 Å². The lowest BCUT2D eigenvalue weighted by atomic mass is 9.44. The Morgan fingerprint density at radius 3 is 2.13 bits per heavy atom. The Labute approximate surface area is 180 Å². The van der Waals surface area contributed by atoms with E-state index in [1.165, 1.54) is 26.7 Å². The van der Waals surface area contributed by atoms with Gasteiger partial charge in [-0.2, -0.15) is 0 Å². The summed E-state index contributed by atoms with van der Waals surface area (Å²) in [5, 5.41) is 0. The molecule has 5 nitrogen and oxygen atoms in total. The van der Waals surface area contributed by atoms with Crippen LogP contribution in [0.2, 0.25) is 0 Å². The second kappa shape index (κ2) is 7.63. The van der Waals surface area contributed by atoms with Crippen LogP contribution in [-0.2, 0) is 23.9 Å². The number of ether oxygens (including phenoxy) is 2. The molecule has 4 fully saturated rings. The van der Waals surface area contributed by atoms with Crippen LogP contribution < -0.4 is 0 Å². The van der Waals surface area contributed by atoms with Crippen LogP contribution in [0.5, 0.6) is 0 Å². The van der Waals surface area contributed by atoms with Crippen molar-refractivity contribution >= 4 is 17.7 Å². The monoisotopic (exact) mass is 418 g/mol. The quantitative estimate of drug-likeness (QED) is 0.621. The molecular weight excluding hydrogens is 380 g/mol. The number of hydrogen-bond acceptors (Lipinski definition) is 5. The first-order valence-corrected chi connectivity index (χ1v) is 11.9. The van der Waals surface area contributed by atoms with Gasteiger partial charge in [-0.15, -0.1) is 0 Å². The van der Waals surface area contributed by atoms with Gasteiger partial charge in [-0.1, -0.05) is 13.8 Å². The molecule has 0 amide bonds. The van der Waals surface area contributed by atoms with Gasteiger partial charge in [0.15, 0.2) is 0 Å². The summed E-state index contributed by atoms with van der Waals surface area (Å²) in [7, 11) is 0. The zero-order valence-corrected chi connectivity index (χ0v) is 19.2. The van der Waals surface area contributed by atoms with Crippen LogP contribution >= 0.6 is 0 Å². The predicted molar refractivity (Wildman–Crippen MR) is 112 cm³/mol. The third-order valence-electron chi connectivity index (χ3n) is 9.82. The van der Waals surface area contributed by atoms with Gasteiger partial charge in [0, 0.05) is 25.2 Å². The van der Waals surface area contributed by atoms with E-state index in [0.717, 1.165) is 38.5 Å². The summed E-state index contributed by atoms with van der Waals surface area (Å²) in [6.07, 6.45) is 8.00. The van der Waals surface area contributed by atoms with Crippen molar-refractivity contribution in [2.45, 2.75) is 98.2 Å². The highest BCUT2D eigenvalue weighted by Gasteiger charge is 2.65. The van der Waals surface area contributed by atoms with Gasteiger partial charge in [-0.25, -0.2) is 0 Å². The van der Waals surface area contributed by atoms with Crippen molar-refractivity contribution in [3.8, 4) is 0 Å². The van der Waals surface area contributed by atoms with Crippen molar-refractivity contribution in [1.82, 2.24) is 0 Å². The summed E-state index contributed by atoms with van der Waals surface area (Å²) >= 11 is 0. The lowest BCUT2D eigenvalue weighted by Crippen LogP contribution is -2.59. The Kier molecular flexibility index (Phi) is 5.55.